The van der Waals surface area contributed by atoms with Crippen LogP contribution in [0.2, 0.25) is 0 Å². The van der Waals surface area contributed by atoms with Crippen molar-refractivity contribution in [1.82, 2.24) is 0 Å². The third kappa shape index (κ3) is 1.85. The second kappa shape index (κ2) is 5.20. The molecular formula is C21H34O3. The summed E-state index contributed by atoms with van der Waals surface area (Å²) in [6.07, 6.45) is 11.1. The Balaban J connectivity index is 1.49. The number of hydrogen-bond donors (Lipinski definition) is 1. The molecule has 1 N–H and O–H groups in total. The van der Waals surface area contributed by atoms with Gasteiger partial charge in [-0.1, -0.05) is 26.7 Å². The zero-order valence-corrected chi connectivity index (χ0v) is 15.4. The third-order valence-electron chi connectivity index (χ3n) is 9.39. The van der Waals surface area contributed by atoms with Crippen molar-refractivity contribution in [2.45, 2.75) is 83.5 Å². The molecular weight excluding hydrogens is 300 g/mol. The average Bonchev–Trinajstić information content (AvgIpc) is 3.15. The highest BCUT2D eigenvalue weighted by Gasteiger charge is 2.67. The highest BCUT2D eigenvalue weighted by molar-refractivity contribution is 5.13. The van der Waals surface area contributed by atoms with Crippen LogP contribution in [0, 0.1) is 34.5 Å². The number of fused-ring (bicyclic) bond motifs is 6. The van der Waals surface area contributed by atoms with Crippen molar-refractivity contribution in [2.75, 3.05) is 13.2 Å². The summed E-state index contributed by atoms with van der Waals surface area (Å²) in [5.74, 6) is 2.39. The van der Waals surface area contributed by atoms with E-state index >= 15 is 0 Å². The maximum absolute atomic E-state index is 11.0. The Kier molecular flexibility index (Phi) is 3.49. The lowest BCUT2D eigenvalue weighted by atomic mass is 9.44. The minimum absolute atomic E-state index is 0.0825. The van der Waals surface area contributed by atoms with Gasteiger partial charge in [0.15, 0.2) is 5.79 Å². The van der Waals surface area contributed by atoms with Crippen LogP contribution >= 0.6 is 0 Å². The van der Waals surface area contributed by atoms with Gasteiger partial charge in [0.2, 0.25) is 0 Å². The predicted octanol–water partition coefficient (Wildman–Crippen LogP) is 4.13. The van der Waals surface area contributed by atoms with E-state index in [1.165, 1.54) is 44.9 Å². The number of hydrogen-bond acceptors (Lipinski definition) is 3. The molecule has 7 atom stereocenters. The first-order valence-electron chi connectivity index (χ1n) is 10.5. The largest absolute Gasteiger partial charge is 0.393 e. The molecule has 4 aliphatic carbocycles. The third-order valence-corrected chi connectivity index (χ3v) is 9.39. The molecule has 0 radical (unpaired) electrons. The molecule has 2 unspecified atom stereocenters. The summed E-state index contributed by atoms with van der Waals surface area (Å²) in [5.41, 5.74) is 0.525. The van der Waals surface area contributed by atoms with Crippen LogP contribution in [-0.4, -0.2) is 30.2 Å². The van der Waals surface area contributed by atoms with E-state index in [-0.39, 0.29) is 17.3 Å². The normalized spacial score (nSPS) is 55.9. The van der Waals surface area contributed by atoms with Crippen molar-refractivity contribution in [2.24, 2.45) is 34.5 Å². The Morgan fingerprint density at radius 1 is 0.833 bits per heavy atom. The quantitative estimate of drug-likeness (QED) is 0.724. The fraction of sp³-hybridized carbons (Fsp3) is 1.00. The summed E-state index contributed by atoms with van der Waals surface area (Å²) in [7, 11) is 0. The van der Waals surface area contributed by atoms with Crippen LogP contribution in [0.1, 0.15) is 71.6 Å². The Hall–Kier alpha value is -0.120. The van der Waals surface area contributed by atoms with Gasteiger partial charge in [-0.05, 0) is 67.6 Å². The molecule has 0 amide bonds. The fourth-order valence-corrected chi connectivity index (χ4v) is 8.24. The molecule has 0 bridgehead atoms. The highest BCUT2D eigenvalue weighted by atomic mass is 16.7. The van der Waals surface area contributed by atoms with Gasteiger partial charge in [-0.25, -0.2) is 0 Å². The molecule has 1 saturated heterocycles. The summed E-state index contributed by atoms with van der Waals surface area (Å²) in [6.45, 7) is 6.48. The van der Waals surface area contributed by atoms with Crippen LogP contribution < -0.4 is 0 Å². The Bertz CT molecular complexity index is 513. The topological polar surface area (TPSA) is 38.7 Å². The second-order valence-electron chi connectivity index (χ2n) is 9.98. The first-order chi connectivity index (χ1) is 11.5. The maximum Gasteiger partial charge on any atom is 0.174 e. The molecule has 24 heavy (non-hydrogen) atoms. The van der Waals surface area contributed by atoms with Gasteiger partial charge in [-0.15, -0.1) is 0 Å². The summed E-state index contributed by atoms with van der Waals surface area (Å²) in [6, 6.07) is 0. The Morgan fingerprint density at radius 2 is 1.58 bits per heavy atom. The monoisotopic (exact) mass is 334 g/mol. The molecule has 3 nitrogen and oxygen atoms in total. The minimum atomic E-state index is -0.308. The Morgan fingerprint density at radius 3 is 2.38 bits per heavy atom. The van der Waals surface area contributed by atoms with Crippen LogP contribution in [0.25, 0.3) is 0 Å². The van der Waals surface area contributed by atoms with E-state index in [9.17, 15) is 5.11 Å². The van der Waals surface area contributed by atoms with E-state index in [4.69, 9.17) is 9.47 Å². The number of ether oxygens (including phenoxy) is 2. The van der Waals surface area contributed by atoms with Crippen molar-refractivity contribution < 1.29 is 14.6 Å². The second-order valence-corrected chi connectivity index (χ2v) is 9.98. The molecule has 1 heterocycles. The van der Waals surface area contributed by atoms with Gasteiger partial charge in [0, 0.05) is 11.8 Å². The van der Waals surface area contributed by atoms with Crippen molar-refractivity contribution in [3.63, 3.8) is 0 Å². The molecule has 5 aliphatic rings. The lowest BCUT2D eigenvalue weighted by molar-refractivity contribution is -0.252. The SMILES string of the molecule is C[C@]12CCCCC1C(O)C[C@@H]1[C@@H]2CC[C@@]2(C)[C@H]1CCC21OCCO1. The number of aliphatic hydroxyl groups excluding tert-OH is 1. The standard InChI is InChI=1S/C21H34O3/c1-19-8-4-3-5-17(19)18(22)13-14-15(19)6-9-20(2)16(14)7-10-21(20)23-11-12-24-21/h14-18,22H,3-13H2,1-2H3/t14-,15+,16+,17?,18?,19-,20+/m1/s1. The molecule has 3 heteroatoms. The highest BCUT2D eigenvalue weighted by Crippen LogP contribution is 2.69. The van der Waals surface area contributed by atoms with E-state index in [0.717, 1.165) is 32.0 Å². The Labute approximate surface area is 146 Å². The minimum Gasteiger partial charge on any atom is -0.393 e. The lowest BCUT2D eigenvalue weighted by Gasteiger charge is -2.62. The zero-order valence-electron chi connectivity index (χ0n) is 15.4. The molecule has 0 aromatic rings. The van der Waals surface area contributed by atoms with Crippen molar-refractivity contribution in [3.8, 4) is 0 Å². The molecule has 4 saturated carbocycles. The van der Waals surface area contributed by atoms with Gasteiger partial charge < -0.3 is 14.6 Å². The molecule has 5 rings (SSSR count). The summed E-state index contributed by atoms with van der Waals surface area (Å²) >= 11 is 0. The summed E-state index contributed by atoms with van der Waals surface area (Å²) in [4.78, 5) is 0. The number of aliphatic hydroxyl groups is 1. The van der Waals surface area contributed by atoms with Crippen LogP contribution in [0.15, 0.2) is 0 Å². The average molecular weight is 335 g/mol. The molecule has 0 aromatic heterocycles. The van der Waals surface area contributed by atoms with Crippen LogP contribution in [0.5, 0.6) is 0 Å². The van der Waals surface area contributed by atoms with Gasteiger partial charge >= 0.3 is 0 Å². The molecule has 0 aromatic carbocycles. The van der Waals surface area contributed by atoms with Crippen molar-refractivity contribution in [3.05, 3.63) is 0 Å². The van der Waals surface area contributed by atoms with Crippen LogP contribution in [-0.2, 0) is 9.47 Å². The van der Waals surface area contributed by atoms with Gasteiger partial charge in [0.1, 0.15) is 0 Å². The molecule has 5 fully saturated rings. The van der Waals surface area contributed by atoms with E-state index in [1.54, 1.807) is 0 Å². The van der Waals surface area contributed by atoms with Crippen molar-refractivity contribution >= 4 is 0 Å². The first kappa shape index (κ1) is 16.1. The fourth-order valence-electron chi connectivity index (χ4n) is 8.24. The van der Waals surface area contributed by atoms with E-state index in [0.29, 0.717) is 23.2 Å². The predicted molar refractivity (Wildman–Crippen MR) is 92.4 cm³/mol. The zero-order chi connectivity index (χ0) is 16.6. The van der Waals surface area contributed by atoms with Gasteiger partial charge in [0.05, 0.1) is 19.3 Å². The summed E-state index contributed by atoms with van der Waals surface area (Å²) in [5, 5.41) is 11.0. The van der Waals surface area contributed by atoms with Gasteiger partial charge in [-0.2, -0.15) is 0 Å². The molecule has 1 spiro atoms. The smallest absolute Gasteiger partial charge is 0.174 e. The van der Waals surface area contributed by atoms with Crippen LogP contribution in [0.3, 0.4) is 0 Å². The first-order valence-corrected chi connectivity index (χ1v) is 10.5. The van der Waals surface area contributed by atoms with E-state index < -0.39 is 0 Å². The van der Waals surface area contributed by atoms with Gasteiger partial charge in [0.25, 0.3) is 0 Å². The van der Waals surface area contributed by atoms with E-state index in [2.05, 4.69) is 13.8 Å². The van der Waals surface area contributed by atoms with Gasteiger partial charge in [-0.3, -0.25) is 0 Å². The van der Waals surface area contributed by atoms with Crippen molar-refractivity contribution in [1.29, 1.82) is 0 Å². The lowest BCUT2D eigenvalue weighted by Crippen LogP contribution is -2.59. The number of rotatable bonds is 0. The maximum atomic E-state index is 11.0. The van der Waals surface area contributed by atoms with E-state index in [1.807, 2.05) is 0 Å². The van der Waals surface area contributed by atoms with Crippen LogP contribution in [0.4, 0.5) is 0 Å². The summed E-state index contributed by atoms with van der Waals surface area (Å²) < 4.78 is 12.5. The molecule has 136 valence electrons. The molecule has 1 aliphatic heterocycles.